The summed E-state index contributed by atoms with van der Waals surface area (Å²) in [4.78, 5) is 113. The summed E-state index contributed by atoms with van der Waals surface area (Å²) in [6.07, 6.45) is 19.7. The largest absolute Gasteiger partial charge is 0.472 e. The minimum absolute atomic E-state index is 0.0387. The minimum Gasteiger partial charge on any atom is -0.472 e. The van der Waals surface area contributed by atoms with Gasteiger partial charge in [0.15, 0.2) is 17.5 Å². The summed E-state index contributed by atoms with van der Waals surface area (Å²) in [5, 5.41) is 11.0. The van der Waals surface area contributed by atoms with Gasteiger partial charge in [0, 0.05) is 120 Å². The lowest BCUT2D eigenvalue weighted by atomic mass is 10.0. The highest BCUT2D eigenvalue weighted by atomic mass is 16.6. The predicted octanol–water partition coefficient (Wildman–Crippen LogP) is 11.0. The summed E-state index contributed by atoms with van der Waals surface area (Å²) in [5.41, 5.74) is 12.1. The molecule has 0 radical (unpaired) electrons. The van der Waals surface area contributed by atoms with E-state index in [-0.39, 0.29) is 43.8 Å². The number of H-pyrrole nitrogens is 3. The fourth-order valence-corrected chi connectivity index (χ4v) is 10.2. The van der Waals surface area contributed by atoms with E-state index in [0.29, 0.717) is 94.3 Å². The number of amides is 3. The van der Waals surface area contributed by atoms with Crippen LogP contribution in [-0.4, -0.2) is 166 Å². The van der Waals surface area contributed by atoms with Crippen molar-refractivity contribution in [1.29, 1.82) is 0 Å². The molecule has 0 aliphatic carbocycles. The monoisotopic (exact) mass is 1330 g/mol. The summed E-state index contributed by atoms with van der Waals surface area (Å²) in [7, 11) is 3.94. The molecule has 13 aromatic rings. The van der Waals surface area contributed by atoms with Crippen molar-refractivity contribution in [1.82, 2.24) is 94.6 Å². The molecule has 0 bridgehead atoms. The van der Waals surface area contributed by atoms with Gasteiger partial charge >= 0.3 is 18.3 Å². The third-order valence-corrected chi connectivity index (χ3v) is 14.5. The molecule has 7 N–H and O–H groups in total. The Labute approximate surface area is 564 Å². The lowest BCUT2D eigenvalue weighted by Gasteiger charge is -2.11. The maximum absolute atomic E-state index is 11.9. The zero-order valence-electron chi connectivity index (χ0n) is 54.2. The Kier molecular flexibility index (Phi) is 21.1. The summed E-state index contributed by atoms with van der Waals surface area (Å²) in [6, 6.07) is 26.4. The highest BCUT2D eigenvalue weighted by Gasteiger charge is 2.22. The van der Waals surface area contributed by atoms with Crippen LogP contribution in [0.25, 0.3) is 101 Å². The van der Waals surface area contributed by atoms with Gasteiger partial charge in [0.1, 0.15) is 28.5 Å². The molecule has 31 heteroatoms. The van der Waals surface area contributed by atoms with Gasteiger partial charge in [0.2, 0.25) is 29.7 Å². The molecule has 99 heavy (non-hydrogen) atoms. The SMILES string of the molecule is CCOC(=O)Nc1nc2c(-c3ncccn3)cc(-c3ccc(OC4CCOC4)nc3)cc2[nH]1.CCOC(=O)Nc1nc2c(-c3ncccn3)cc(-c3cnc(CN(C)C)nc3)cc2[nH]1.CCOC(=O)Nc1nc2c(-c3ncccn3)cc(-c3cnc(NCc4ccccn4)nc3)cc2[nH]1. The number of aromatic nitrogens is 18. The van der Waals surface area contributed by atoms with Crippen LogP contribution in [0.4, 0.5) is 38.2 Å². The molecule has 1 atom stereocenters. The molecule has 31 nitrogen and oxygen atoms in total. The van der Waals surface area contributed by atoms with Gasteiger partial charge < -0.3 is 48.9 Å². The Balaban J connectivity index is 0.000000141. The molecule has 14 rings (SSSR count). The van der Waals surface area contributed by atoms with E-state index < -0.39 is 18.3 Å². The highest BCUT2D eigenvalue weighted by molar-refractivity contribution is 5.99. The van der Waals surface area contributed by atoms with E-state index in [1.165, 1.54) is 0 Å². The van der Waals surface area contributed by atoms with Crippen molar-refractivity contribution in [3.8, 4) is 73.4 Å². The van der Waals surface area contributed by atoms with Gasteiger partial charge in [-0.2, -0.15) is 0 Å². The van der Waals surface area contributed by atoms with Crippen molar-refractivity contribution in [2.75, 3.05) is 68.4 Å². The molecule has 11 heterocycles. The van der Waals surface area contributed by atoms with Crippen LogP contribution < -0.4 is 26.0 Å². The van der Waals surface area contributed by atoms with Crippen LogP contribution in [0, 0.1) is 0 Å². The second-order valence-corrected chi connectivity index (χ2v) is 21.9. The van der Waals surface area contributed by atoms with E-state index in [9.17, 15) is 14.4 Å². The Morgan fingerprint density at radius 1 is 0.495 bits per heavy atom. The van der Waals surface area contributed by atoms with E-state index in [1.54, 1.807) is 113 Å². The lowest BCUT2D eigenvalue weighted by molar-refractivity contribution is 0.138. The number of ether oxygens (including phenoxy) is 5. The molecule has 10 aromatic heterocycles. The van der Waals surface area contributed by atoms with Crippen molar-refractivity contribution in [3.05, 3.63) is 171 Å². The Hall–Kier alpha value is -12.9. The van der Waals surface area contributed by atoms with Gasteiger partial charge in [-0.3, -0.25) is 20.9 Å². The number of fused-ring (bicyclic) bond motifs is 3. The molecule has 3 aromatic carbocycles. The van der Waals surface area contributed by atoms with Gasteiger partial charge in [0.25, 0.3) is 0 Å². The summed E-state index contributed by atoms with van der Waals surface area (Å²) >= 11 is 0. The van der Waals surface area contributed by atoms with E-state index in [0.717, 1.165) is 62.4 Å². The third-order valence-electron chi connectivity index (χ3n) is 14.5. The van der Waals surface area contributed by atoms with Crippen LogP contribution in [-0.2, 0) is 32.0 Å². The molecular formula is C68H65N23O8. The van der Waals surface area contributed by atoms with Crippen molar-refractivity contribution in [2.45, 2.75) is 46.4 Å². The van der Waals surface area contributed by atoms with Crippen LogP contribution in [0.15, 0.2) is 159 Å². The first-order chi connectivity index (χ1) is 48.4. The van der Waals surface area contributed by atoms with Gasteiger partial charge in [-0.1, -0.05) is 6.07 Å². The lowest BCUT2D eigenvalue weighted by Crippen LogP contribution is -2.16. The van der Waals surface area contributed by atoms with Crippen molar-refractivity contribution >= 4 is 75.2 Å². The van der Waals surface area contributed by atoms with Gasteiger partial charge in [-0.25, -0.2) is 84.2 Å². The number of carbonyl (C=O) groups is 3. The number of anilines is 4. The predicted molar refractivity (Wildman–Crippen MR) is 367 cm³/mol. The number of rotatable bonds is 19. The number of pyridine rings is 2. The zero-order valence-corrected chi connectivity index (χ0v) is 54.2. The molecule has 0 spiro atoms. The molecule has 500 valence electrons. The molecular weight excluding hydrogens is 1270 g/mol. The van der Waals surface area contributed by atoms with E-state index in [1.807, 2.05) is 85.7 Å². The van der Waals surface area contributed by atoms with Gasteiger partial charge in [-0.15, -0.1) is 0 Å². The minimum atomic E-state index is -0.591. The third kappa shape index (κ3) is 17.0. The van der Waals surface area contributed by atoms with E-state index in [2.05, 4.69) is 111 Å². The molecule has 3 amide bonds. The number of hydrogen-bond acceptors (Lipinski definition) is 25. The maximum atomic E-state index is 11.9. The first-order valence-corrected chi connectivity index (χ1v) is 31.3. The van der Waals surface area contributed by atoms with E-state index >= 15 is 0 Å². The fraction of sp³-hybridized carbons (Fsp3) is 0.206. The van der Waals surface area contributed by atoms with Crippen molar-refractivity contribution in [3.63, 3.8) is 0 Å². The first-order valence-electron chi connectivity index (χ1n) is 31.3. The smallest absolute Gasteiger partial charge is 0.413 e. The number of nitrogens with zero attached hydrogens (tertiary/aromatic N) is 16. The van der Waals surface area contributed by atoms with Crippen LogP contribution in [0.3, 0.4) is 0 Å². The van der Waals surface area contributed by atoms with Crippen molar-refractivity contribution < 1.29 is 38.1 Å². The standard InChI is InChI=1S/C24H21N9O2.C23H22N6O4.C21H22N8O2/c1-2-35-24(34)33-23-31-19-11-15(10-18(20(19)32-23)21-26-8-5-9-27-21)16-12-28-22(29-13-16)30-14-17-6-3-4-7-25-17;1-2-32-23(30)29-22-27-18-11-15(10-17(20(18)28-22)21-24-7-3-8-25-21)14-4-5-19(26-12-14)33-16-6-9-31-13-16;1-4-31-21(30)28-20-26-16-9-13(14-10-24-17(25-11-14)12-29(2)3)8-15(18(16)27-20)19-22-6-5-7-23-19/h3-13H,2,14H2,1H3,(H,28,29,30)(H2,31,32,33,34);3-5,7-8,10-12,16H,2,6,9,13H2,1H3,(H2,27,28,29,30);5-11H,4,12H2,1-3H3,(H2,26,27,28,30). The Morgan fingerprint density at radius 3 is 1.32 bits per heavy atom. The van der Waals surface area contributed by atoms with Crippen molar-refractivity contribution in [2.24, 2.45) is 0 Å². The highest BCUT2D eigenvalue weighted by Crippen LogP contribution is 2.36. The quantitative estimate of drug-likeness (QED) is 0.0370. The number of carbonyl (C=O) groups excluding carboxylic acids is 3. The average molecular weight is 1330 g/mol. The molecule has 1 aliphatic rings. The summed E-state index contributed by atoms with van der Waals surface area (Å²) < 4.78 is 26.0. The topological polar surface area (TPSA) is 389 Å². The zero-order chi connectivity index (χ0) is 68.5. The molecule has 1 aliphatic heterocycles. The maximum Gasteiger partial charge on any atom is 0.413 e. The van der Waals surface area contributed by atoms with Crippen LogP contribution in [0.1, 0.15) is 38.7 Å². The Morgan fingerprint density at radius 2 is 0.929 bits per heavy atom. The van der Waals surface area contributed by atoms with E-state index in [4.69, 9.17) is 23.7 Å². The number of nitrogens with one attached hydrogen (secondary N) is 7. The number of benzene rings is 3. The van der Waals surface area contributed by atoms with Crippen LogP contribution >= 0.6 is 0 Å². The van der Waals surface area contributed by atoms with Gasteiger partial charge in [-0.05, 0) is 124 Å². The van der Waals surface area contributed by atoms with Crippen LogP contribution in [0.5, 0.6) is 5.88 Å². The second-order valence-electron chi connectivity index (χ2n) is 21.9. The summed E-state index contributed by atoms with van der Waals surface area (Å²) in [5.74, 6) is 4.16. The molecule has 1 saturated heterocycles. The van der Waals surface area contributed by atoms with Gasteiger partial charge in [0.05, 0.1) is 68.4 Å². The second kappa shape index (κ2) is 31.6. The number of imidazole rings is 3. The molecule has 1 unspecified atom stereocenters. The molecule has 1 fully saturated rings. The number of hydrogen-bond donors (Lipinski definition) is 7. The Bertz CT molecular complexity index is 4850. The molecule has 0 saturated carbocycles. The first kappa shape index (κ1) is 66.1. The average Bonchev–Trinajstić information content (AvgIpc) is 1.70. The fourth-order valence-electron chi connectivity index (χ4n) is 10.2. The summed E-state index contributed by atoms with van der Waals surface area (Å²) in [6.45, 7) is 8.47. The van der Waals surface area contributed by atoms with Crippen LogP contribution in [0.2, 0.25) is 0 Å². The normalized spacial score (nSPS) is 12.4. The number of aromatic amines is 3.